The summed E-state index contributed by atoms with van der Waals surface area (Å²) in [4.78, 5) is 197. The number of unbranched alkanes of at least 4 members (excludes halogenated alkanes) is 4. The average Bonchev–Trinajstić information content (AvgIpc) is 0.878. The van der Waals surface area contributed by atoms with Crippen molar-refractivity contribution in [2.75, 3.05) is 45.9 Å². The predicted octanol–water partition coefficient (Wildman–Crippen LogP) is -1.12. The number of carbonyl (C=O) groups excluding carboxylic acids is 15. The van der Waals surface area contributed by atoms with Crippen LogP contribution in [0.2, 0.25) is 0 Å². The first-order chi connectivity index (χ1) is 44.3. The number of hydrogen-bond acceptors (Lipinski definition) is 16. The number of aliphatic hydroxyl groups is 1. The minimum Gasteiger partial charge on any atom is -0.394 e. The lowest BCUT2D eigenvalue weighted by Gasteiger charge is -2.30. The summed E-state index contributed by atoms with van der Waals surface area (Å²) in [5, 5.41) is 47.6. The number of carbonyl (C=O) groups is 15. The normalized spacial score (nSPS) is 13.6. The van der Waals surface area contributed by atoms with Gasteiger partial charge in [-0.05, 0) is 111 Å². The van der Waals surface area contributed by atoms with E-state index in [-0.39, 0.29) is 55.4 Å². The fourth-order valence-electron chi connectivity index (χ4n) is 9.33. The highest BCUT2D eigenvalue weighted by Crippen LogP contribution is 2.15. The minimum atomic E-state index is -1.68. The molecule has 0 aliphatic carbocycles. The van der Waals surface area contributed by atoms with Crippen LogP contribution in [0.4, 0.5) is 0 Å². The van der Waals surface area contributed by atoms with Gasteiger partial charge in [-0.15, -0.1) is 0 Å². The molecule has 0 aromatic rings. The van der Waals surface area contributed by atoms with Crippen molar-refractivity contribution in [3.05, 3.63) is 0 Å². The first kappa shape index (κ1) is 88.0. The maximum absolute atomic E-state index is 13.6. The zero-order valence-electron chi connectivity index (χ0n) is 60.4. The molecule has 0 heterocycles. The highest BCUT2D eigenvalue weighted by Gasteiger charge is 2.38. The monoisotopic (exact) mass is 1360 g/mol. The highest BCUT2D eigenvalue weighted by atomic mass is 16.3. The second-order valence-corrected chi connectivity index (χ2v) is 28.2. The lowest BCUT2D eigenvalue weighted by Crippen LogP contribution is -2.61. The Hall–Kier alpha value is -7.99. The largest absolute Gasteiger partial charge is 0.394 e. The van der Waals surface area contributed by atoms with Crippen LogP contribution in [0.25, 0.3) is 0 Å². The minimum absolute atomic E-state index is 0.0870. The fraction of sp³-hybridized carbons (Fsp3) is 0.769. The molecule has 0 spiro atoms. The van der Waals surface area contributed by atoms with Crippen LogP contribution in [0.3, 0.4) is 0 Å². The Bertz CT molecular complexity index is 2660. The Morgan fingerprint density at radius 2 is 0.677 bits per heavy atom. The standard InChI is InChI=1S/C65H117N15O16/c1-20-22-23-24-25-26-45(82)77-62(12,13)58(93)70-34-50(87)75-52(40(9)10)57(92)80-65(18,19)61(96)69-31-47(84)67-33-49(86)73-43(28-38(5)6)54(89)78-63(14,15)59(94)68-30-46(83)66-32-48(85)74-44(29-39(7)8)55(90)79-64(16,17)60(95)71-35-51(88)76-53(41(11)21-2)56(91)72-42(36-81)27-37(3)4/h37-44,52-53,81H,20-36H2,1-19H3,(H,66,83)(H,67,84)(H,68,94)(H,69,96)(H,70,93)(H,71,95)(H,72,91)(H,73,86)(H,74,85)(H,75,87)(H,76,88)(H,77,82)(H,78,89)(H,79,90)(H,80,92)/t41-,42-,43-,44-,52-,53-/m0/s1. The molecular formula is C65H117N15O16. The number of hydrogen-bond donors (Lipinski definition) is 16. The van der Waals surface area contributed by atoms with Gasteiger partial charge in [-0.25, -0.2) is 0 Å². The van der Waals surface area contributed by atoms with Crippen molar-refractivity contribution in [3.63, 3.8) is 0 Å². The summed E-state index contributed by atoms with van der Waals surface area (Å²) in [7, 11) is 0. The molecule has 0 aliphatic heterocycles. The van der Waals surface area contributed by atoms with E-state index in [1.807, 2.05) is 20.8 Å². The number of rotatable bonds is 45. The van der Waals surface area contributed by atoms with Gasteiger partial charge >= 0.3 is 0 Å². The number of nitrogens with one attached hydrogen (secondary N) is 15. The molecular weight excluding hydrogens is 1250 g/mol. The zero-order chi connectivity index (χ0) is 74.1. The van der Waals surface area contributed by atoms with Crippen LogP contribution in [0.1, 0.15) is 196 Å². The van der Waals surface area contributed by atoms with Gasteiger partial charge in [0.1, 0.15) is 46.3 Å². The molecule has 31 nitrogen and oxygen atoms in total. The Morgan fingerprint density at radius 3 is 1.03 bits per heavy atom. The molecule has 0 bridgehead atoms. The molecule has 0 unspecified atom stereocenters. The first-order valence-corrected chi connectivity index (χ1v) is 33.4. The lowest BCUT2D eigenvalue weighted by atomic mass is 9.97. The van der Waals surface area contributed by atoms with Crippen LogP contribution in [-0.4, -0.2) is 192 Å². The highest BCUT2D eigenvalue weighted by molar-refractivity contribution is 6.00. The fourth-order valence-corrected chi connectivity index (χ4v) is 9.33. The van der Waals surface area contributed by atoms with E-state index in [1.54, 1.807) is 48.5 Å². The summed E-state index contributed by atoms with van der Waals surface area (Å²) in [5.74, 6) is -11.6. The second kappa shape index (κ2) is 42.5. The van der Waals surface area contributed by atoms with E-state index >= 15 is 0 Å². The van der Waals surface area contributed by atoms with Crippen molar-refractivity contribution >= 4 is 88.6 Å². The summed E-state index contributed by atoms with van der Waals surface area (Å²) >= 11 is 0. The van der Waals surface area contributed by atoms with E-state index in [0.717, 1.165) is 25.7 Å². The van der Waals surface area contributed by atoms with Gasteiger partial charge in [0.2, 0.25) is 88.6 Å². The van der Waals surface area contributed by atoms with E-state index < -0.39 is 180 Å². The van der Waals surface area contributed by atoms with Crippen molar-refractivity contribution in [3.8, 4) is 0 Å². The third-order valence-corrected chi connectivity index (χ3v) is 15.2. The Balaban J connectivity index is 5.38. The van der Waals surface area contributed by atoms with E-state index in [0.29, 0.717) is 19.3 Å². The number of aliphatic hydroxyl groups excluding tert-OH is 1. The van der Waals surface area contributed by atoms with Crippen molar-refractivity contribution < 1.29 is 77.0 Å². The molecule has 0 fully saturated rings. The first-order valence-electron chi connectivity index (χ1n) is 33.4. The molecule has 0 radical (unpaired) electrons. The molecule has 0 saturated heterocycles. The Morgan fingerprint density at radius 1 is 0.344 bits per heavy atom. The molecule has 0 aromatic heterocycles. The maximum atomic E-state index is 13.6. The van der Waals surface area contributed by atoms with Gasteiger partial charge in [0.25, 0.3) is 0 Å². The molecule has 548 valence electrons. The van der Waals surface area contributed by atoms with E-state index in [4.69, 9.17) is 0 Å². The quantitative estimate of drug-likeness (QED) is 0.0321. The van der Waals surface area contributed by atoms with Gasteiger partial charge in [-0.3, -0.25) is 71.9 Å². The van der Waals surface area contributed by atoms with Gasteiger partial charge in [-0.2, -0.15) is 0 Å². The van der Waals surface area contributed by atoms with Crippen molar-refractivity contribution in [2.24, 2.45) is 29.6 Å². The van der Waals surface area contributed by atoms with Crippen LogP contribution < -0.4 is 79.8 Å². The third kappa shape index (κ3) is 35.1. The van der Waals surface area contributed by atoms with Crippen LogP contribution in [-0.2, 0) is 71.9 Å². The van der Waals surface area contributed by atoms with Gasteiger partial charge in [0.05, 0.1) is 51.9 Å². The van der Waals surface area contributed by atoms with Crippen molar-refractivity contribution in [1.29, 1.82) is 0 Å². The summed E-state index contributed by atoms with van der Waals surface area (Å²) in [6, 6.07) is -5.03. The van der Waals surface area contributed by atoms with Gasteiger partial charge in [-0.1, -0.05) is 108 Å². The zero-order valence-corrected chi connectivity index (χ0v) is 60.4. The van der Waals surface area contributed by atoms with Gasteiger partial charge in [0, 0.05) is 6.42 Å². The molecule has 6 atom stereocenters. The molecule has 0 aromatic carbocycles. The Labute approximate surface area is 567 Å². The van der Waals surface area contributed by atoms with E-state index in [9.17, 15) is 77.0 Å². The summed E-state index contributed by atoms with van der Waals surface area (Å²) in [6.45, 7) is 27.3. The van der Waals surface area contributed by atoms with Gasteiger partial charge < -0.3 is 84.9 Å². The van der Waals surface area contributed by atoms with Crippen molar-refractivity contribution in [2.45, 2.75) is 248 Å². The number of amides is 15. The van der Waals surface area contributed by atoms with Crippen LogP contribution in [0.15, 0.2) is 0 Å². The van der Waals surface area contributed by atoms with Gasteiger partial charge in [0.15, 0.2) is 0 Å². The lowest BCUT2D eigenvalue weighted by molar-refractivity contribution is -0.136. The maximum Gasteiger partial charge on any atom is 0.245 e. The molecule has 0 rings (SSSR count). The topological polar surface area (TPSA) is 457 Å². The summed E-state index contributed by atoms with van der Waals surface area (Å²) in [6.07, 6.45) is 6.24. The van der Waals surface area contributed by atoms with Crippen LogP contribution in [0, 0.1) is 29.6 Å². The second-order valence-electron chi connectivity index (χ2n) is 28.2. The summed E-state index contributed by atoms with van der Waals surface area (Å²) in [5.41, 5.74) is -6.25. The van der Waals surface area contributed by atoms with E-state index in [1.165, 1.54) is 55.4 Å². The summed E-state index contributed by atoms with van der Waals surface area (Å²) < 4.78 is 0. The molecule has 0 saturated carbocycles. The molecule has 16 N–H and O–H groups in total. The average molecular weight is 1360 g/mol. The molecule has 96 heavy (non-hydrogen) atoms. The van der Waals surface area contributed by atoms with Crippen molar-refractivity contribution in [1.82, 2.24) is 79.8 Å². The molecule has 31 heteroatoms. The van der Waals surface area contributed by atoms with E-state index in [2.05, 4.69) is 86.7 Å². The van der Waals surface area contributed by atoms with Crippen LogP contribution in [0.5, 0.6) is 0 Å². The molecule has 0 aliphatic rings. The Kier molecular flexibility index (Phi) is 39.0. The molecule has 15 amide bonds. The third-order valence-electron chi connectivity index (χ3n) is 15.2. The van der Waals surface area contributed by atoms with Crippen LogP contribution >= 0.6 is 0 Å². The smallest absolute Gasteiger partial charge is 0.245 e. The SMILES string of the molecule is CCCCCCCC(=O)NC(C)(C)C(=O)NCC(=O)N[C@H](C(=O)NC(C)(C)C(=O)NCC(=O)NCC(=O)N[C@@H](CC(C)C)C(=O)NC(C)(C)C(=O)NCC(=O)NCC(=O)N[C@@H](CC(C)C)C(=O)NC(C)(C)C(=O)NCC(=O)N[C@H](C(=O)N[C@H](CO)CC(C)C)[C@@H](C)CC)C(C)C. The predicted molar refractivity (Wildman–Crippen MR) is 360 cm³/mol.